The van der Waals surface area contributed by atoms with E-state index in [0.29, 0.717) is 19.0 Å². The second-order valence-corrected chi connectivity index (χ2v) is 5.97. The van der Waals surface area contributed by atoms with Crippen LogP contribution in [0.25, 0.3) is 0 Å². The molecule has 2 amide bonds. The van der Waals surface area contributed by atoms with Gasteiger partial charge in [-0.25, -0.2) is 14.6 Å². The molecule has 3 N–H and O–H groups in total. The lowest BCUT2D eigenvalue weighted by Crippen LogP contribution is -2.39. The molecule has 1 aromatic carbocycles. The Morgan fingerprint density at radius 1 is 1.25 bits per heavy atom. The summed E-state index contributed by atoms with van der Waals surface area (Å²) in [6.45, 7) is 1.87. The number of carboxylic acids is 1. The molecule has 7 heteroatoms. The highest BCUT2D eigenvalue weighted by molar-refractivity contribution is 5.87. The molecule has 0 aliphatic carbocycles. The zero-order valence-corrected chi connectivity index (χ0v) is 13.2. The van der Waals surface area contributed by atoms with E-state index in [9.17, 15) is 9.59 Å². The van der Waals surface area contributed by atoms with E-state index in [1.165, 1.54) is 12.1 Å². The summed E-state index contributed by atoms with van der Waals surface area (Å²) < 4.78 is 2.14. The number of imidazole rings is 1. The highest BCUT2D eigenvalue weighted by atomic mass is 16.4. The van der Waals surface area contributed by atoms with Crippen LogP contribution in [0, 0.1) is 5.92 Å². The van der Waals surface area contributed by atoms with Crippen LogP contribution in [0.2, 0.25) is 0 Å². The lowest BCUT2D eigenvalue weighted by atomic mass is 9.99. The molecule has 2 heterocycles. The Kier molecular flexibility index (Phi) is 4.79. The summed E-state index contributed by atoms with van der Waals surface area (Å²) in [7, 11) is 0. The molecule has 7 nitrogen and oxygen atoms in total. The molecule has 2 aromatic rings. The number of aromatic carboxylic acids is 1. The van der Waals surface area contributed by atoms with Gasteiger partial charge in [-0.1, -0.05) is 12.1 Å². The van der Waals surface area contributed by atoms with Gasteiger partial charge in [-0.3, -0.25) is 0 Å². The van der Waals surface area contributed by atoms with Gasteiger partial charge in [0.1, 0.15) is 5.82 Å². The third kappa shape index (κ3) is 3.92. The smallest absolute Gasteiger partial charge is 0.335 e. The maximum absolute atomic E-state index is 11.9. The molecular weight excluding hydrogens is 308 g/mol. The van der Waals surface area contributed by atoms with Crippen molar-refractivity contribution in [1.82, 2.24) is 20.2 Å². The number of nitrogens with one attached hydrogen (secondary N) is 2. The third-order valence-electron chi connectivity index (χ3n) is 4.24. The van der Waals surface area contributed by atoms with Crippen molar-refractivity contribution in [3.63, 3.8) is 0 Å². The van der Waals surface area contributed by atoms with Crippen molar-refractivity contribution in [3.05, 3.63) is 53.6 Å². The summed E-state index contributed by atoms with van der Waals surface area (Å²) in [6, 6.07) is 6.25. The van der Waals surface area contributed by atoms with Crippen LogP contribution in [0.1, 0.15) is 28.2 Å². The highest BCUT2D eigenvalue weighted by Crippen LogP contribution is 2.17. The third-order valence-corrected chi connectivity index (χ3v) is 4.24. The second kappa shape index (κ2) is 7.16. The number of rotatable bonds is 5. The van der Waals surface area contributed by atoms with Gasteiger partial charge in [0, 0.05) is 38.4 Å². The predicted octanol–water partition coefficient (Wildman–Crippen LogP) is 1.64. The van der Waals surface area contributed by atoms with Crippen molar-refractivity contribution < 1.29 is 14.7 Å². The molecule has 0 saturated carbocycles. The molecule has 3 rings (SSSR count). The van der Waals surface area contributed by atoms with Gasteiger partial charge in [0.15, 0.2) is 0 Å². The highest BCUT2D eigenvalue weighted by Gasteiger charge is 2.19. The SMILES string of the molecule is O=C(NCc1ccc(C(=O)O)cc1)NCC1CCc2nccn2C1. The van der Waals surface area contributed by atoms with E-state index >= 15 is 0 Å². The number of carboxylic acid groups (broad SMARTS) is 1. The van der Waals surface area contributed by atoms with Crippen molar-refractivity contribution in [1.29, 1.82) is 0 Å². The van der Waals surface area contributed by atoms with E-state index < -0.39 is 5.97 Å². The average molecular weight is 328 g/mol. The van der Waals surface area contributed by atoms with Gasteiger partial charge < -0.3 is 20.3 Å². The first-order valence-corrected chi connectivity index (χ1v) is 7.96. The quantitative estimate of drug-likeness (QED) is 0.777. The lowest BCUT2D eigenvalue weighted by Gasteiger charge is -2.24. The van der Waals surface area contributed by atoms with Crippen LogP contribution in [-0.2, 0) is 19.5 Å². The molecule has 126 valence electrons. The molecule has 1 aliphatic heterocycles. The zero-order valence-electron chi connectivity index (χ0n) is 13.2. The maximum Gasteiger partial charge on any atom is 0.335 e. The minimum Gasteiger partial charge on any atom is -0.478 e. The summed E-state index contributed by atoms with van der Waals surface area (Å²) in [5, 5.41) is 14.5. The number of hydrogen-bond acceptors (Lipinski definition) is 3. The molecule has 0 saturated heterocycles. The first-order chi connectivity index (χ1) is 11.6. The Morgan fingerprint density at radius 3 is 2.79 bits per heavy atom. The van der Waals surface area contributed by atoms with Crippen LogP contribution >= 0.6 is 0 Å². The molecule has 1 atom stereocenters. The zero-order chi connectivity index (χ0) is 16.9. The summed E-state index contributed by atoms with van der Waals surface area (Å²) >= 11 is 0. The fourth-order valence-electron chi connectivity index (χ4n) is 2.85. The maximum atomic E-state index is 11.9. The number of fused-ring (bicyclic) bond motifs is 1. The van der Waals surface area contributed by atoms with Crippen LogP contribution in [0.3, 0.4) is 0 Å². The van der Waals surface area contributed by atoms with Crippen molar-refractivity contribution in [2.45, 2.75) is 25.9 Å². The topological polar surface area (TPSA) is 96.2 Å². The van der Waals surface area contributed by atoms with Gasteiger partial charge in [0.25, 0.3) is 0 Å². The molecular formula is C17H20N4O3. The van der Waals surface area contributed by atoms with E-state index in [1.54, 1.807) is 12.1 Å². The van der Waals surface area contributed by atoms with E-state index in [4.69, 9.17) is 5.11 Å². The monoisotopic (exact) mass is 328 g/mol. The number of benzene rings is 1. The molecule has 0 spiro atoms. The number of carbonyl (C=O) groups is 2. The molecule has 1 unspecified atom stereocenters. The summed E-state index contributed by atoms with van der Waals surface area (Å²) in [4.78, 5) is 27.0. The van der Waals surface area contributed by atoms with Gasteiger partial charge >= 0.3 is 12.0 Å². The number of aryl methyl sites for hydroxylation is 1. The van der Waals surface area contributed by atoms with Crippen molar-refractivity contribution >= 4 is 12.0 Å². The standard InChI is InChI=1S/C17H20N4O3/c22-16(23)14-4-1-12(2-5-14)9-19-17(24)20-10-13-3-6-15-18-7-8-21(15)11-13/h1-2,4-5,7-8,13H,3,6,9-11H2,(H,22,23)(H2,19,20,24). The molecule has 0 fully saturated rings. The fourth-order valence-corrected chi connectivity index (χ4v) is 2.85. The Balaban J connectivity index is 1.41. The Bertz CT molecular complexity index is 724. The van der Waals surface area contributed by atoms with Gasteiger partial charge in [-0.2, -0.15) is 0 Å². The van der Waals surface area contributed by atoms with Crippen LogP contribution in [0.5, 0.6) is 0 Å². The van der Waals surface area contributed by atoms with E-state index in [2.05, 4.69) is 20.2 Å². The van der Waals surface area contributed by atoms with Crippen LogP contribution < -0.4 is 10.6 Å². The summed E-state index contributed by atoms with van der Waals surface area (Å²) in [6.07, 6.45) is 5.75. The molecule has 24 heavy (non-hydrogen) atoms. The number of amides is 2. The number of aromatic nitrogens is 2. The Morgan fingerprint density at radius 2 is 2.04 bits per heavy atom. The van der Waals surface area contributed by atoms with Crippen molar-refractivity contribution in [2.24, 2.45) is 5.92 Å². The fraction of sp³-hybridized carbons (Fsp3) is 0.353. The van der Waals surface area contributed by atoms with Crippen molar-refractivity contribution in [3.8, 4) is 0 Å². The van der Waals surface area contributed by atoms with Crippen LogP contribution in [-0.4, -0.2) is 33.2 Å². The van der Waals surface area contributed by atoms with E-state index in [-0.39, 0.29) is 11.6 Å². The van der Waals surface area contributed by atoms with Crippen molar-refractivity contribution in [2.75, 3.05) is 6.54 Å². The van der Waals surface area contributed by atoms with E-state index in [1.807, 2.05) is 12.4 Å². The minimum atomic E-state index is -0.958. The molecule has 0 radical (unpaired) electrons. The normalized spacial score (nSPS) is 16.2. The number of carbonyl (C=O) groups excluding carboxylic acids is 1. The Hall–Kier alpha value is -2.83. The first kappa shape index (κ1) is 16.0. The number of hydrogen-bond donors (Lipinski definition) is 3. The molecule has 1 aliphatic rings. The van der Waals surface area contributed by atoms with Gasteiger partial charge in [-0.15, -0.1) is 0 Å². The van der Waals surface area contributed by atoms with Crippen LogP contribution in [0.15, 0.2) is 36.7 Å². The Labute approximate surface area is 139 Å². The number of nitrogens with zero attached hydrogens (tertiary/aromatic N) is 2. The molecule has 1 aromatic heterocycles. The number of urea groups is 1. The second-order valence-electron chi connectivity index (χ2n) is 5.97. The van der Waals surface area contributed by atoms with Gasteiger partial charge in [0.2, 0.25) is 0 Å². The minimum absolute atomic E-state index is 0.214. The molecule has 0 bridgehead atoms. The van der Waals surface area contributed by atoms with Gasteiger partial charge in [0.05, 0.1) is 5.56 Å². The summed E-state index contributed by atoms with van der Waals surface area (Å²) in [5.74, 6) is 0.564. The van der Waals surface area contributed by atoms with Gasteiger partial charge in [-0.05, 0) is 30.0 Å². The summed E-state index contributed by atoms with van der Waals surface area (Å²) in [5.41, 5.74) is 1.09. The largest absolute Gasteiger partial charge is 0.478 e. The lowest BCUT2D eigenvalue weighted by molar-refractivity contribution is 0.0697. The predicted molar refractivity (Wildman–Crippen MR) is 87.7 cm³/mol. The van der Waals surface area contributed by atoms with Crippen LogP contribution in [0.4, 0.5) is 4.79 Å². The first-order valence-electron chi connectivity index (χ1n) is 7.96. The average Bonchev–Trinajstić information content (AvgIpc) is 3.06. The van der Waals surface area contributed by atoms with E-state index in [0.717, 1.165) is 30.8 Å².